The fourth-order valence-corrected chi connectivity index (χ4v) is 4.65. The Labute approximate surface area is 185 Å². The highest BCUT2D eigenvalue weighted by atomic mass is 32.2. The van der Waals surface area contributed by atoms with Crippen LogP contribution in [0.1, 0.15) is 29.3 Å². The summed E-state index contributed by atoms with van der Waals surface area (Å²) < 4.78 is 9.00. The normalized spacial score (nSPS) is 11.2. The Balaban J connectivity index is 1.83. The van der Waals surface area contributed by atoms with Gasteiger partial charge in [0.15, 0.2) is 10.7 Å². The molecule has 2 aromatic carbocycles. The number of nitrogens with zero attached hydrogens (tertiary/aromatic N) is 4. The van der Waals surface area contributed by atoms with Gasteiger partial charge in [0.1, 0.15) is 11.3 Å². The number of aryl methyl sites for hydroxylation is 3. The van der Waals surface area contributed by atoms with Gasteiger partial charge in [-0.3, -0.25) is 14.0 Å². The van der Waals surface area contributed by atoms with Crippen LogP contribution in [0.3, 0.4) is 0 Å². The minimum absolute atomic E-state index is 0.0786. The quantitative estimate of drug-likeness (QED) is 0.315. The smallest absolute Gasteiger partial charge is 0.280 e. The molecular weight excluding hydrogens is 408 g/mol. The third-order valence-corrected chi connectivity index (χ3v) is 6.30. The molecule has 0 fully saturated rings. The van der Waals surface area contributed by atoms with Gasteiger partial charge >= 0.3 is 0 Å². The molecule has 31 heavy (non-hydrogen) atoms. The van der Waals surface area contributed by atoms with Crippen molar-refractivity contribution in [2.24, 2.45) is 0 Å². The van der Waals surface area contributed by atoms with Crippen LogP contribution in [0.2, 0.25) is 0 Å². The molecule has 4 aromatic rings. The van der Waals surface area contributed by atoms with Crippen molar-refractivity contribution in [3.05, 3.63) is 81.3 Å². The number of aromatic nitrogens is 4. The summed E-state index contributed by atoms with van der Waals surface area (Å²) in [6.07, 6.45) is 0. The Morgan fingerprint density at radius 2 is 1.90 bits per heavy atom. The average Bonchev–Trinajstić information content (AvgIpc) is 3.10. The van der Waals surface area contributed by atoms with Crippen LogP contribution in [0.4, 0.5) is 0 Å². The number of para-hydroxylation sites is 1. The van der Waals surface area contributed by atoms with Crippen LogP contribution in [0.15, 0.2) is 58.5 Å². The third-order valence-electron chi connectivity index (χ3n) is 5.25. The molecule has 0 saturated carbocycles. The van der Waals surface area contributed by atoms with Crippen molar-refractivity contribution >= 4 is 22.8 Å². The second-order valence-corrected chi connectivity index (χ2v) is 8.42. The first-order chi connectivity index (χ1) is 15.0. The summed E-state index contributed by atoms with van der Waals surface area (Å²) in [7, 11) is 1.64. The Morgan fingerprint density at radius 1 is 1.10 bits per heavy atom. The van der Waals surface area contributed by atoms with Gasteiger partial charge in [-0.2, -0.15) is 5.10 Å². The van der Waals surface area contributed by atoms with Crippen LogP contribution >= 0.6 is 11.8 Å². The summed E-state index contributed by atoms with van der Waals surface area (Å²) in [6, 6.07) is 16.2. The number of fused-ring (bicyclic) bond motifs is 1. The van der Waals surface area contributed by atoms with Crippen molar-refractivity contribution < 1.29 is 4.74 Å². The highest BCUT2D eigenvalue weighted by Crippen LogP contribution is 2.26. The third kappa shape index (κ3) is 4.23. The van der Waals surface area contributed by atoms with Crippen LogP contribution in [0.5, 0.6) is 5.75 Å². The van der Waals surface area contributed by atoms with E-state index in [9.17, 15) is 4.79 Å². The largest absolute Gasteiger partial charge is 0.496 e. The Bertz CT molecular complexity index is 1290. The predicted octanol–water partition coefficient (Wildman–Crippen LogP) is 4.58. The lowest BCUT2D eigenvalue weighted by molar-refractivity contribution is 0.407. The summed E-state index contributed by atoms with van der Waals surface area (Å²) in [5, 5.41) is 5.21. The first-order valence-electron chi connectivity index (χ1n) is 10.3. The van der Waals surface area contributed by atoms with E-state index in [0.717, 1.165) is 22.8 Å². The first-order valence-corrected chi connectivity index (χ1v) is 11.3. The maximum atomic E-state index is 13.6. The Kier molecular flexibility index (Phi) is 6.13. The maximum absolute atomic E-state index is 13.6. The maximum Gasteiger partial charge on any atom is 0.280 e. The van der Waals surface area contributed by atoms with Crippen molar-refractivity contribution in [1.29, 1.82) is 0 Å². The van der Waals surface area contributed by atoms with E-state index in [2.05, 4.69) is 36.3 Å². The number of hydrogen-bond donors (Lipinski definition) is 0. The summed E-state index contributed by atoms with van der Waals surface area (Å²) in [5.41, 5.74) is 5.27. The van der Waals surface area contributed by atoms with E-state index in [1.807, 2.05) is 38.1 Å². The predicted molar refractivity (Wildman–Crippen MR) is 125 cm³/mol. The Hall–Kier alpha value is -3.06. The lowest BCUT2D eigenvalue weighted by Crippen LogP contribution is -2.26. The molecule has 0 atom stereocenters. The number of rotatable bonds is 7. The van der Waals surface area contributed by atoms with Gasteiger partial charge in [-0.05, 0) is 32.4 Å². The molecule has 0 radical (unpaired) electrons. The molecule has 0 aliphatic carbocycles. The molecule has 2 aromatic heterocycles. The molecule has 0 bridgehead atoms. The fourth-order valence-electron chi connectivity index (χ4n) is 3.72. The number of thioether (sulfide) groups is 1. The molecule has 0 spiro atoms. The second-order valence-electron chi connectivity index (χ2n) is 7.47. The van der Waals surface area contributed by atoms with Gasteiger partial charge in [-0.25, -0.2) is 4.98 Å². The van der Waals surface area contributed by atoms with Gasteiger partial charge in [0.2, 0.25) is 0 Å². The first kappa shape index (κ1) is 21.2. The minimum atomic E-state index is -0.0786. The monoisotopic (exact) mass is 434 g/mol. The van der Waals surface area contributed by atoms with E-state index in [1.54, 1.807) is 28.1 Å². The van der Waals surface area contributed by atoms with Gasteiger partial charge in [0.05, 0.1) is 19.3 Å². The van der Waals surface area contributed by atoms with Crippen molar-refractivity contribution in [3.63, 3.8) is 0 Å². The summed E-state index contributed by atoms with van der Waals surface area (Å²) >= 11 is 1.57. The summed E-state index contributed by atoms with van der Waals surface area (Å²) in [6.45, 7) is 6.97. The standard InChI is InChI=1S/C24H26N4O2S/c1-5-28-22-21(17(3)26-28)25-24(31-15-18-10-8-9-16(2)13-18)27(23(22)29)14-19-11-6-7-12-20(19)30-4/h6-13H,5,14-15H2,1-4H3. The van der Waals surface area contributed by atoms with Crippen LogP contribution in [0.25, 0.3) is 11.0 Å². The highest BCUT2D eigenvalue weighted by molar-refractivity contribution is 7.98. The van der Waals surface area contributed by atoms with E-state index in [4.69, 9.17) is 9.72 Å². The van der Waals surface area contributed by atoms with E-state index in [1.165, 1.54) is 11.1 Å². The molecule has 7 heteroatoms. The average molecular weight is 435 g/mol. The zero-order valence-electron chi connectivity index (χ0n) is 18.3. The molecule has 0 unspecified atom stereocenters. The molecule has 2 heterocycles. The van der Waals surface area contributed by atoms with Gasteiger partial charge in [0, 0.05) is 17.9 Å². The molecule has 4 rings (SSSR count). The van der Waals surface area contributed by atoms with Crippen molar-refractivity contribution in [2.75, 3.05) is 7.11 Å². The van der Waals surface area contributed by atoms with Crippen LogP contribution in [-0.4, -0.2) is 26.4 Å². The summed E-state index contributed by atoms with van der Waals surface area (Å²) in [4.78, 5) is 18.5. The topological polar surface area (TPSA) is 61.9 Å². The van der Waals surface area contributed by atoms with E-state index >= 15 is 0 Å². The molecule has 0 amide bonds. The zero-order chi connectivity index (χ0) is 22.0. The molecule has 0 saturated heterocycles. The number of hydrogen-bond acceptors (Lipinski definition) is 5. The number of ether oxygens (including phenoxy) is 1. The minimum Gasteiger partial charge on any atom is -0.496 e. The van der Waals surface area contributed by atoms with E-state index in [-0.39, 0.29) is 5.56 Å². The van der Waals surface area contributed by atoms with E-state index in [0.29, 0.717) is 29.3 Å². The molecule has 160 valence electrons. The fraction of sp³-hybridized carbons (Fsp3) is 0.292. The highest BCUT2D eigenvalue weighted by Gasteiger charge is 2.19. The van der Waals surface area contributed by atoms with Gasteiger partial charge in [0.25, 0.3) is 5.56 Å². The SMILES string of the molecule is CCn1nc(C)c2nc(SCc3cccc(C)c3)n(Cc3ccccc3OC)c(=O)c21. The van der Waals surface area contributed by atoms with Crippen LogP contribution < -0.4 is 10.3 Å². The zero-order valence-corrected chi connectivity index (χ0v) is 19.1. The summed E-state index contributed by atoms with van der Waals surface area (Å²) in [5.74, 6) is 1.48. The van der Waals surface area contributed by atoms with Crippen LogP contribution in [0, 0.1) is 13.8 Å². The number of methoxy groups -OCH3 is 1. The van der Waals surface area contributed by atoms with Crippen molar-refractivity contribution in [2.45, 2.75) is 44.8 Å². The molecular formula is C24H26N4O2S. The van der Waals surface area contributed by atoms with Gasteiger partial charge in [-0.15, -0.1) is 0 Å². The van der Waals surface area contributed by atoms with Crippen molar-refractivity contribution in [3.8, 4) is 5.75 Å². The van der Waals surface area contributed by atoms with Gasteiger partial charge in [-0.1, -0.05) is 59.8 Å². The molecule has 0 N–H and O–H groups in total. The molecule has 0 aliphatic rings. The second kappa shape index (κ2) is 8.98. The lowest BCUT2D eigenvalue weighted by Gasteiger charge is -2.15. The lowest BCUT2D eigenvalue weighted by atomic mass is 10.2. The molecule has 6 nitrogen and oxygen atoms in total. The van der Waals surface area contributed by atoms with Gasteiger partial charge < -0.3 is 4.74 Å². The van der Waals surface area contributed by atoms with Crippen LogP contribution in [-0.2, 0) is 18.8 Å². The molecule has 0 aliphatic heterocycles. The Morgan fingerprint density at radius 3 is 2.65 bits per heavy atom. The van der Waals surface area contributed by atoms with Crippen molar-refractivity contribution in [1.82, 2.24) is 19.3 Å². The van der Waals surface area contributed by atoms with E-state index < -0.39 is 0 Å². The number of benzene rings is 2.